The molecule has 0 aliphatic heterocycles. The van der Waals surface area contributed by atoms with E-state index in [-0.39, 0.29) is 11.7 Å². The van der Waals surface area contributed by atoms with E-state index >= 15 is 0 Å². The molecule has 106 valence electrons. The lowest BCUT2D eigenvalue weighted by Crippen LogP contribution is -2.16. The molecule has 0 heterocycles. The zero-order valence-corrected chi connectivity index (χ0v) is 12.0. The van der Waals surface area contributed by atoms with Crippen molar-refractivity contribution in [3.8, 4) is 0 Å². The van der Waals surface area contributed by atoms with Gasteiger partial charge < -0.3 is 10.6 Å². The third-order valence-corrected chi connectivity index (χ3v) is 3.57. The fraction of sp³-hybridized carbons (Fsp3) is 0.294. The molecule has 3 heteroatoms. The second kappa shape index (κ2) is 6.53. The minimum absolute atomic E-state index is 0.131. The Bertz CT molecular complexity index is 566. The first-order valence-corrected chi connectivity index (χ1v) is 6.82. The van der Waals surface area contributed by atoms with Crippen molar-refractivity contribution in [3.05, 3.63) is 65.5 Å². The summed E-state index contributed by atoms with van der Waals surface area (Å²) < 4.78 is 13.8. The van der Waals surface area contributed by atoms with Gasteiger partial charge in [-0.3, -0.25) is 0 Å². The van der Waals surface area contributed by atoms with E-state index < -0.39 is 0 Å². The molecule has 20 heavy (non-hydrogen) atoms. The van der Waals surface area contributed by atoms with Crippen molar-refractivity contribution in [2.75, 3.05) is 25.5 Å². The molecule has 0 aromatic heterocycles. The molecule has 2 aromatic rings. The first-order chi connectivity index (χ1) is 9.61. The van der Waals surface area contributed by atoms with Gasteiger partial charge in [0.2, 0.25) is 0 Å². The van der Waals surface area contributed by atoms with Crippen LogP contribution < -0.4 is 10.6 Å². The van der Waals surface area contributed by atoms with E-state index in [1.165, 1.54) is 6.07 Å². The Balaban J connectivity index is 2.24. The van der Waals surface area contributed by atoms with Gasteiger partial charge in [0.05, 0.1) is 0 Å². The summed E-state index contributed by atoms with van der Waals surface area (Å²) in [6, 6.07) is 15.2. The average Bonchev–Trinajstić information content (AvgIpc) is 2.46. The maximum absolute atomic E-state index is 13.8. The van der Waals surface area contributed by atoms with Crippen LogP contribution >= 0.6 is 0 Å². The molecule has 1 atom stereocenters. The Morgan fingerprint density at radius 2 is 1.85 bits per heavy atom. The van der Waals surface area contributed by atoms with Crippen LogP contribution in [0.15, 0.2) is 48.5 Å². The fourth-order valence-corrected chi connectivity index (χ4v) is 2.32. The molecule has 0 fully saturated rings. The van der Waals surface area contributed by atoms with Gasteiger partial charge in [0.15, 0.2) is 0 Å². The molecule has 2 N–H and O–H groups in total. The molecule has 1 unspecified atom stereocenters. The maximum atomic E-state index is 13.8. The average molecular weight is 272 g/mol. The van der Waals surface area contributed by atoms with Gasteiger partial charge >= 0.3 is 0 Å². The number of anilines is 1. The van der Waals surface area contributed by atoms with Crippen LogP contribution in [-0.2, 0) is 6.42 Å². The molecule has 0 aliphatic carbocycles. The van der Waals surface area contributed by atoms with E-state index in [4.69, 9.17) is 5.73 Å². The largest absolute Gasteiger partial charge is 0.378 e. The number of rotatable bonds is 5. The summed E-state index contributed by atoms with van der Waals surface area (Å²) in [4.78, 5) is 2.06. The van der Waals surface area contributed by atoms with Crippen LogP contribution in [0.1, 0.15) is 17.0 Å². The van der Waals surface area contributed by atoms with E-state index in [0.717, 1.165) is 16.8 Å². The second-order valence-corrected chi connectivity index (χ2v) is 5.22. The highest BCUT2D eigenvalue weighted by Gasteiger charge is 2.13. The van der Waals surface area contributed by atoms with Gasteiger partial charge in [0.1, 0.15) is 5.82 Å². The van der Waals surface area contributed by atoms with Gasteiger partial charge in [-0.15, -0.1) is 0 Å². The molecular weight excluding hydrogens is 251 g/mol. The van der Waals surface area contributed by atoms with Crippen LogP contribution in [-0.4, -0.2) is 20.6 Å². The summed E-state index contributed by atoms with van der Waals surface area (Å²) in [5.74, 6) is -0.0264. The van der Waals surface area contributed by atoms with Gasteiger partial charge in [-0.25, -0.2) is 4.39 Å². The quantitative estimate of drug-likeness (QED) is 0.906. The molecule has 2 nitrogen and oxygen atoms in total. The van der Waals surface area contributed by atoms with Crippen molar-refractivity contribution in [2.45, 2.75) is 12.3 Å². The number of nitrogens with zero attached hydrogens (tertiary/aromatic N) is 1. The molecule has 0 saturated carbocycles. The lowest BCUT2D eigenvalue weighted by Gasteiger charge is -2.19. The van der Waals surface area contributed by atoms with E-state index in [0.29, 0.717) is 13.0 Å². The lowest BCUT2D eigenvalue weighted by molar-refractivity contribution is 0.590. The Morgan fingerprint density at radius 1 is 1.10 bits per heavy atom. The first kappa shape index (κ1) is 14.5. The van der Waals surface area contributed by atoms with Crippen LogP contribution in [0.2, 0.25) is 0 Å². The van der Waals surface area contributed by atoms with Crippen LogP contribution in [0.5, 0.6) is 0 Å². The van der Waals surface area contributed by atoms with E-state index in [9.17, 15) is 4.39 Å². The molecule has 0 amide bonds. The summed E-state index contributed by atoms with van der Waals surface area (Å²) in [5.41, 5.74) is 8.90. The maximum Gasteiger partial charge on any atom is 0.126 e. The predicted octanol–water partition coefficient (Wildman–Crippen LogP) is 3.18. The summed E-state index contributed by atoms with van der Waals surface area (Å²) >= 11 is 0. The van der Waals surface area contributed by atoms with Crippen molar-refractivity contribution < 1.29 is 4.39 Å². The van der Waals surface area contributed by atoms with Crippen molar-refractivity contribution >= 4 is 5.69 Å². The smallest absolute Gasteiger partial charge is 0.126 e. The zero-order chi connectivity index (χ0) is 14.5. The van der Waals surface area contributed by atoms with E-state index in [2.05, 4.69) is 23.1 Å². The van der Waals surface area contributed by atoms with E-state index in [1.54, 1.807) is 6.07 Å². The minimum Gasteiger partial charge on any atom is -0.378 e. The molecule has 0 bridgehead atoms. The van der Waals surface area contributed by atoms with Crippen molar-refractivity contribution in [3.63, 3.8) is 0 Å². The predicted molar refractivity (Wildman–Crippen MR) is 82.7 cm³/mol. The third-order valence-electron chi connectivity index (χ3n) is 3.57. The highest BCUT2D eigenvalue weighted by molar-refractivity contribution is 5.48. The summed E-state index contributed by atoms with van der Waals surface area (Å²) in [7, 11) is 4.01. The fourth-order valence-electron chi connectivity index (χ4n) is 2.32. The molecule has 0 aliphatic rings. The lowest BCUT2D eigenvalue weighted by atomic mass is 9.91. The number of hydrogen-bond donors (Lipinski definition) is 1. The Hall–Kier alpha value is -1.87. The number of hydrogen-bond acceptors (Lipinski definition) is 2. The van der Waals surface area contributed by atoms with Crippen molar-refractivity contribution in [2.24, 2.45) is 5.73 Å². The van der Waals surface area contributed by atoms with Crippen LogP contribution in [0.3, 0.4) is 0 Å². The topological polar surface area (TPSA) is 29.3 Å². The Kier molecular flexibility index (Phi) is 4.74. The van der Waals surface area contributed by atoms with Crippen molar-refractivity contribution in [1.29, 1.82) is 0 Å². The van der Waals surface area contributed by atoms with Gasteiger partial charge in [-0.2, -0.15) is 0 Å². The minimum atomic E-state index is -0.158. The summed E-state index contributed by atoms with van der Waals surface area (Å²) in [6.45, 7) is 0.505. The monoisotopic (exact) mass is 272 g/mol. The van der Waals surface area contributed by atoms with Crippen LogP contribution in [0.25, 0.3) is 0 Å². The summed E-state index contributed by atoms with van der Waals surface area (Å²) in [6.07, 6.45) is 0.625. The number of halogens is 1. The van der Waals surface area contributed by atoms with Crippen LogP contribution in [0.4, 0.5) is 10.1 Å². The highest BCUT2D eigenvalue weighted by Crippen LogP contribution is 2.24. The van der Waals surface area contributed by atoms with Gasteiger partial charge in [0, 0.05) is 25.7 Å². The third kappa shape index (κ3) is 3.36. The first-order valence-electron chi connectivity index (χ1n) is 6.82. The molecule has 0 spiro atoms. The van der Waals surface area contributed by atoms with Gasteiger partial charge in [0.25, 0.3) is 0 Å². The Labute approximate surface area is 120 Å². The van der Waals surface area contributed by atoms with Gasteiger partial charge in [-0.1, -0.05) is 30.3 Å². The number of benzene rings is 2. The summed E-state index contributed by atoms with van der Waals surface area (Å²) in [5, 5.41) is 0. The van der Waals surface area contributed by atoms with Crippen LogP contribution in [0, 0.1) is 5.82 Å². The highest BCUT2D eigenvalue weighted by atomic mass is 19.1. The SMILES string of the molecule is CN(C)c1cccc(C(CN)Cc2ccccc2F)c1. The molecule has 2 aromatic carbocycles. The number of nitrogens with two attached hydrogens (primary N) is 1. The standard InChI is InChI=1S/C17H21FN2/c1-20(2)16-8-5-7-13(11-16)15(12-19)10-14-6-3-4-9-17(14)18/h3-9,11,15H,10,12,19H2,1-2H3. The molecule has 0 saturated heterocycles. The molecule has 0 radical (unpaired) electrons. The van der Waals surface area contributed by atoms with Gasteiger partial charge in [-0.05, 0) is 42.3 Å². The van der Waals surface area contributed by atoms with Crippen molar-refractivity contribution in [1.82, 2.24) is 0 Å². The van der Waals surface area contributed by atoms with E-state index in [1.807, 2.05) is 32.3 Å². The second-order valence-electron chi connectivity index (χ2n) is 5.22. The zero-order valence-electron chi connectivity index (χ0n) is 12.0. The molecule has 2 rings (SSSR count). The Morgan fingerprint density at radius 3 is 2.50 bits per heavy atom. The molecular formula is C17H21FN2. The normalized spacial score (nSPS) is 12.2.